The molecule has 0 aliphatic rings. The Balaban J connectivity index is 3.05. The SMILES string of the molecule is CCc1nn(C)cc1C(O)C(F)(F)Br. The summed E-state index contributed by atoms with van der Waals surface area (Å²) in [5.41, 5.74) is 0.649. The third kappa shape index (κ3) is 2.30. The smallest absolute Gasteiger partial charge is 0.330 e. The van der Waals surface area contributed by atoms with Crippen LogP contribution in [0.15, 0.2) is 6.20 Å². The van der Waals surface area contributed by atoms with Crippen LogP contribution in [0.4, 0.5) is 8.78 Å². The van der Waals surface area contributed by atoms with Crippen LogP contribution in [0.3, 0.4) is 0 Å². The van der Waals surface area contributed by atoms with Gasteiger partial charge in [0.05, 0.1) is 5.69 Å². The second kappa shape index (κ2) is 3.94. The van der Waals surface area contributed by atoms with Gasteiger partial charge in [-0.3, -0.25) is 4.68 Å². The summed E-state index contributed by atoms with van der Waals surface area (Å²) in [5, 5.41) is 13.3. The molecule has 1 heterocycles. The van der Waals surface area contributed by atoms with E-state index in [2.05, 4.69) is 21.0 Å². The molecular formula is C8H11BrF2N2O. The third-order valence-corrected chi connectivity index (χ3v) is 2.31. The predicted molar refractivity (Wildman–Crippen MR) is 51.4 cm³/mol. The van der Waals surface area contributed by atoms with E-state index in [0.717, 1.165) is 0 Å². The molecule has 0 saturated carbocycles. The molecule has 0 aliphatic heterocycles. The van der Waals surface area contributed by atoms with Crippen molar-refractivity contribution in [2.75, 3.05) is 0 Å². The second-order valence-electron chi connectivity index (χ2n) is 3.00. The molecule has 1 N–H and O–H groups in total. The van der Waals surface area contributed by atoms with Gasteiger partial charge in [0, 0.05) is 18.8 Å². The Morgan fingerprint density at radius 3 is 2.71 bits per heavy atom. The van der Waals surface area contributed by atoms with Crippen LogP contribution in [0, 0.1) is 0 Å². The van der Waals surface area contributed by atoms with Gasteiger partial charge >= 0.3 is 4.83 Å². The van der Waals surface area contributed by atoms with Crippen molar-refractivity contribution in [3.8, 4) is 0 Å². The molecule has 14 heavy (non-hydrogen) atoms. The highest BCUT2D eigenvalue weighted by molar-refractivity contribution is 9.10. The summed E-state index contributed by atoms with van der Waals surface area (Å²) in [4.78, 5) is -3.32. The fourth-order valence-electron chi connectivity index (χ4n) is 1.23. The summed E-state index contributed by atoms with van der Waals surface area (Å²) in [6, 6.07) is 0. The quantitative estimate of drug-likeness (QED) is 0.852. The zero-order valence-corrected chi connectivity index (χ0v) is 9.42. The number of aromatic nitrogens is 2. The highest BCUT2D eigenvalue weighted by atomic mass is 79.9. The number of hydrogen-bond donors (Lipinski definition) is 1. The molecule has 80 valence electrons. The van der Waals surface area contributed by atoms with E-state index in [-0.39, 0.29) is 5.56 Å². The van der Waals surface area contributed by atoms with Crippen molar-refractivity contribution >= 4 is 15.9 Å². The summed E-state index contributed by atoms with van der Waals surface area (Å²) < 4.78 is 26.9. The standard InChI is InChI=1S/C8H11BrF2N2O/c1-3-6-5(4-13(2)12-6)7(14)8(9,10)11/h4,7,14H,3H2,1-2H3. The van der Waals surface area contributed by atoms with Crippen LogP contribution in [-0.2, 0) is 13.5 Å². The van der Waals surface area contributed by atoms with Gasteiger partial charge in [-0.15, -0.1) is 0 Å². The molecule has 0 radical (unpaired) electrons. The van der Waals surface area contributed by atoms with Gasteiger partial charge in [-0.2, -0.15) is 13.9 Å². The summed E-state index contributed by atoms with van der Waals surface area (Å²) in [7, 11) is 1.63. The van der Waals surface area contributed by atoms with Gasteiger partial charge in [0.15, 0.2) is 6.10 Å². The molecule has 1 unspecified atom stereocenters. The number of alkyl halides is 3. The lowest BCUT2D eigenvalue weighted by atomic mass is 10.1. The van der Waals surface area contributed by atoms with E-state index in [4.69, 9.17) is 0 Å². The Morgan fingerprint density at radius 2 is 2.29 bits per heavy atom. The topological polar surface area (TPSA) is 38.0 Å². The van der Waals surface area contributed by atoms with E-state index in [1.165, 1.54) is 10.9 Å². The van der Waals surface area contributed by atoms with Crippen LogP contribution >= 0.6 is 15.9 Å². The van der Waals surface area contributed by atoms with Gasteiger partial charge < -0.3 is 5.11 Å². The zero-order valence-electron chi connectivity index (χ0n) is 7.84. The van der Waals surface area contributed by atoms with Crippen LogP contribution < -0.4 is 0 Å². The molecule has 0 amide bonds. The summed E-state index contributed by atoms with van der Waals surface area (Å²) in [6.07, 6.45) is 0.0563. The number of aryl methyl sites for hydroxylation is 2. The molecule has 0 saturated heterocycles. The minimum atomic E-state index is -3.32. The van der Waals surface area contributed by atoms with Gasteiger partial charge in [-0.1, -0.05) is 6.92 Å². The lowest BCUT2D eigenvalue weighted by Gasteiger charge is -2.15. The Bertz CT molecular complexity index is 322. The van der Waals surface area contributed by atoms with Crippen LogP contribution in [0.2, 0.25) is 0 Å². The van der Waals surface area contributed by atoms with Crippen molar-refractivity contribution in [2.24, 2.45) is 7.05 Å². The van der Waals surface area contributed by atoms with E-state index >= 15 is 0 Å². The molecule has 1 rings (SSSR count). The number of aliphatic hydroxyl groups excluding tert-OH is 1. The highest BCUT2D eigenvalue weighted by Gasteiger charge is 2.38. The molecule has 6 heteroatoms. The first-order valence-electron chi connectivity index (χ1n) is 4.13. The molecule has 1 aromatic rings. The molecule has 0 spiro atoms. The number of aliphatic hydroxyl groups is 1. The Labute approximate surface area is 88.9 Å². The van der Waals surface area contributed by atoms with Gasteiger partial charge in [0.1, 0.15) is 0 Å². The maximum Gasteiger partial charge on any atom is 0.330 e. The van der Waals surface area contributed by atoms with Crippen molar-refractivity contribution < 1.29 is 13.9 Å². The molecule has 1 aromatic heterocycles. The average Bonchev–Trinajstić information content (AvgIpc) is 2.43. The van der Waals surface area contributed by atoms with Crippen molar-refractivity contribution in [1.29, 1.82) is 0 Å². The van der Waals surface area contributed by atoms with Crippen molar-refractivity contribution in [2.45, 2.75) is 24.3 Å². The minimum absolute atomic E-state index is 0.164. The molecule has 0 aromatic carbocycles. The van der Waals surface area contributed by atoms with E-state index in [9.17, 15) is 13.9 Å². The second-order valence-corrected chi connectivity index (χ2v) is 4.06. The zero-order chi connectivity index (χ0) is 10.9. The van der Waals surface area contributed by atoms with Crippen molar-refractivity contribution in [3.63, 3.8) is 0 Å². The Hall–Kier alpha value is -0.490. The highest BCUT2D eigenvalue weighted by Crippen LogP contribution is 2.37. The van der Waals surface area contributed by atoms with Crippen LogP contribution in [0.5, 0.6) is 0 Å². The van der Waals surface area contributed by atoms with E-state index in [0.29, 0.717) is 12.1 Å². The molecule has 0 fully saturated rings. The first-order chi connectivity index (χ1) is 6.36. The molecule has 0 bridgehead atoms. The normalized spacial score (nSPS) is 14.4. The van der Waals surface area contributed by atoms with E-state index in [1.54, 1.807) is 14.0 Å². The fraction of sp³-hybridized carbons (Fsp3) is 0.625. The molecule has 1 atom stereocenters. The summed E-state index contributed by atoms with van der Waals surface area (Å²) >= 11 is 2.13. The molecule has 3 nitrogen and oxygen atoms in total. The number of halogens is 3. The Kier molecular flexibility index (Phi) is 3.26. The monoisotopic (exact) mass is 268 g/mol. The van der Waals surface area contributed by atoms with E-state index < -0.39 is 10.9 Å². The van der Waals surface area contributed by atoms with Crippen LogP contribution in [0.25, 0.3) is 0 Å². The van der Waals surface area contributed by atoms with Crippen molar-refractivity contribution in [3.05, 3.63) is 17.5 Å². The van der Waals surface area contributed by atoms with Crippen molar-refractivity contribution in [1.82, 2.24) is 9.78 Å². The Morgan fingerprint density at radius 1 is 1.71 bits per heavy atom. The molecule has 0 aliphatic carbocycles. The first kappa shape index (κ1) is 11.6. The van der Waals surface area contributed by atoms with Gasteiger partial charge in [0.2, 0.25) is 0 Å². The van der Waals surface area contributed by atoms with Crippen LogP contribution in [-0.4, -0.2) is 19.7 Å². The lowest BCUT2D eigenvalue weighted by Crippen LogP contribution is -2.18. The maximum atomic E-state index is 12.8. The third-order valence-electron chi connectivity index (χ3n) is 1.88. The fourth-order valence-corrected chi connectivity index (χ4v) is 1.48. The predicted octanol–water partition coefficient (Wildman–Crippen LogP) is 2.00. The number of rotatable bonds is 3. The maximum absolute atomic E-state index is 12.8. The van der Waals surface area contributed by atoms with Crippen LogP contribution in [0.1, 0.15) is 24.3 Å². The van der Waals surface area contributed by atoms with Gasteiger partial charge in [-0.05, 0) is 22.4 Å². The van der Waals surface area contributed by atoms with Gasteiger partial charge in [-0.25, -0.2) is 0 Å². The first-order valence-corrected chi connectivity index (χ1v) is 4.92. The summed E-state index contributed by atoms with van der Waals surface area (Å²) in [6.45, 7) is 1.80. The number of hydrogen-bond acceptors (Lipinski definition) is 2. The van der Waals surface area contributed by atoms with E-state index in [1.807, 2.05) is 0 Å². The average molecular weight is 269 g/mol. The summed E-state index contributed by atoms with van der Waals surface area (Å²) in [5.74, 6) is 0. The number of nitrogens with zero attached hydrogens (tertiary/aromatic N) is 2. The minimum Gasteiger partial charge on any atom is -0.381 e. The molecular weight excluding hydrogens is 258 g/mol. The van der Waals surface area contributed by atoms with Gasteiger partial charge in [0.25, 0.3) is 0 Å². The lowest BCUT2D eigenvalue weighted by molar-refractivity contribution is -0.0299. The largest absolute Gasteiger partial charge is 0.381 e.